The number of rotatable bonds is 8. The number of methoxy groups -OCH3 is 2. The van der Waals surface area contributed by atoms with Crippen molar-refractivity contribution in [2.75, 3.05) is 20.8 Å². The standard InChI is InChI=1S/C22H24N2O6/c1-4-23-22(27)24-21(26)20(15-9-6-5-7-10-15)30-18(25)14-13-16-11-8-12-17(28-2)19(16)29-3/h5-14,20H,4H2,1-3H3,(H2,23,24,26,27)/b14-13+/t20-/m0/s1. The van der Waals surface area contributed by atoms with E-state index in [-0.39, 0.29) is 0 Å². The van der Waals surface area contributed by atoms with Crippen molar-refractivity contribution < 1.29 is 28.6 Å². The van der Waals surface area contributed by atoms with Crippen LogP contribution in [0.25, 0.3) is 6.08 Å². The van der Waals surface area contributed by atoms with Crippen LogP contribution < -0.4 is 20.1 Å². The summed E-state index contributed by atoms with van der Waals surface area (Å²) in [6.45, 7) is 2.07. The van der Waals surface area contributed by atoms with Gasteiger partial charge in [0.05, 0.1) is 14.2 Å². The molecule has 0 aliphatic rings. The number of carbonyl (C=O) groups excluding carboxylic acids is 3. The van der Waals surface area contributed by atoms with Gasteiger partial charge in [-0.25, -0.2) is 9.59 Å². The number of esters is 1. The lowest BCUT2D eigenvalue weighted by atomic mass is 10.1. The first-order chi connectivity index (χ1) is 14.5. The van der Waals surface area contributed by atoms with Crippen LogP contribution >= 0.6 is 0 Å². The molecule has 2 aromatic carbocycles. The van der Waals surface area contributed by atoms with E-state index in [1.807, 2.05) is 0 Å². The van der Waals surface area contributed by atoms with Crippen molar-refractivity contribution >= 4 is 24.0 Å². The Kier molecular flexibility index (Phi) is 8.43. The van der Waals surface area contributed by atoms with Crippen LogP contribution in [-0.2, 0) is 14.3 Å². The Balaban J connectivity index is 2.19. The minimum absolute atomic E-state index is 0.347. The number of ether oxygens (including phenoxy) is 3. The number of hydrogen-bond donors (Lipinski definition) is 2. The molecule has 0 saturated heterocycles. The fraction of sp³-hybridized carbons (Fsp3) is 0.227. The van der Waals surface area contributed by atoms with E-state index in [4.69, 9.17) is 14.2 Å². The van der Waals surface area contributed by atoms with Crippen LogP contribution in [0.3, 0.4) is 0 Å². The van der Waals surface area contributed by atoms with Crippen LogP contribution in [0.4, 0.5) is 4.79 Å². The lowest BCUT2D eigenvalue weighted by Crippen LogP contribution is -2.42. The number of amides is 3. The first-order valence-corrected chi connectivity index (χ1v) is 9.23. The van der Waals surface area contributed by atoms with Crippen LogP contribution in [0, 0.1) is 0 Å². The molecule has 2 aromatic rings. The summed E-state index contributed by atoms with van der Waals surface area (Å²) in [6.07, 6.45) is 1.37. The van der Waals surface area contributed by atoms with Gasteiger partial charge in [-0.05, 0) is 19.1 Å². The van der Waals surface area contributed by atoms with Gasteiger partial charge < -0.3 is 19.5 Å². The van der Waals surface area contributed by atoms with Crippen LogP contribution in [0.15, 0.2) is 54.6 Å². The molecule has 0 aliphatic carbocycles. The van der Waals surface area contributed by atoms with Crippen LogP contribution in [0.2, 0.25) is 0 Å². The average molecular weight is 412 g/mol. The fourth-order valence-electron chi connectivity index (χ4n) is 2.64. The maximum Gasteiger partial charge on any atom is 0.331 e. The van der Waals surface area contributed by atoms with Crippen molar-refractivity contribution in [1.29, 1.82) is 0 Å². The average Bonchev–Trinajstić information content (AvgIpc) is 2.76. The summed E-state index contributed by atoms with van der Waals surface area (Å²) in [5, 5.41) is 4.62. The highest BCUT2D eigenvalue weighted by Gasteiger charge is 2.25. The van der Waals surface area contributed by atoms with Gasteiger partial charge in [0, 0.05) is 23.7 Å². The fourth-order valence-corrected chi connectivity index (χ4v) is 2.64. The van der Waals surface area contributed by atoms with Gasteiger partial charge in [-0.3, -0.25) is 10.1 Å². The summed E-state index contributed by atoms with van der Waals surface area (Å²) in [5.41, 5.74) is 1.02. The maximum absolute atomic E-state index is 12.5. The van der Waals surface area contributed by atoms with Gasteiger partial charge in [0.1, 0.15) is 0 Å². The largest absolute Gasteiger partial charge is 0.493 e. The van der Waals surface area contributed by atoms with Crippen molar-refractivity contribution in [1.82, 2.24) is 10.6 Å². The van der Waals surface area contributed by atoms with Crippen molar-refractivity contribution in [2.45, 2.75) is 13.0 Å². The Morgan fingerprint density at radius 1 is 1.00 bits per heavy atom. The molecule has 0 bridgehead atoms. The molecule has 2 rings (SSSR count). The zero-order chi connectivity index (χ0) is 21.9. The summed E-state index contributed by atoms with van der Waals surface area (Å²) in [7, 11) is 3.00. The smallest absolute Gasteiger partial charge is 0.331 e. The van der Waals surface area contributed by atoms with Crippen molar-refractivity contribution in [3.63, 3.8) is 0 Å². The molecular formula is C22H24N2O6. The Hall–Kier alpha value is -3.81. The molecule has 2 N–H and O–H groups in total. The molecule has 8 heteroatoms. The second-order valence-corrected chi connectivity index (χ2v) is 5.99. The molecule has 0 aliphatic heterocycles. The maximum atomic E-state index is 12.5. The minimum atomic E-state index is -1.29. The minimum Gasteiger partial charge on any atom is -0.493 e. The highest BCUT2D eigenvalue weighted by molar-refractivity contribution is 5.98. The number of imide groups is 1. The van der Waals surface area contributed by atoms with E-state index in [0.29, 0.717) is 29.2 Å². The summed E-state index contributed by atoms with van der Waals surface area (Å²) in [6, 6.07) is 13.0. The topological polar surface area (TPSA) is 103 Å². The number of para-hydroxylation sites is 1. The second kappa shape index (κ2) is 11.3. The zero-order valence-electron chi connectivity index (χ0n) is 17.0. The van der Waals surface area contributed by atoms with Crippen LogP contribution in [0.5, 0.6) is 11.5 Å². The van der Waals surface area contributed by atoms with Gasteiger partial charge in [-0.15, -0.1) is 0 Å². The third kappa shape index (κ3) is 6.10. The van der Waals surface area contributed by atoms with E-state index in [0.717, 1.165) is 0 Å². The first-order valence-electron chi connectivity index (χ1n) is 9.23. The summed E-state index contributed by atoms with van der Waals surface area (Å²) in [4.78, 5) is 36.6. The summed E-state index contributed by atoms with van der Waals surface area (Å²) >= 11 is 0. The van der Waals surface area contributed by atoms with Crippen molar-refractivity contribution in [3.05, 3.63) is 65.7 Å². The lowest BCUT2D eigenvalue weighted by molar-refractivity contribution is -0.151. The van der Waals surface area contributed by atoms with Crippen LogP contribution in [-0.4, -0.2) is 38.7 Å². The van der Waals surface area contributed by atoms with Gasteiger partial charge in [0.15, 0.2) is 11.5 Å². The molecule has 3 amide bonds. The molecular weight excluding hydrogens is 388 g/mol. The van der Waals surface area contributed by atoms with E-state index in [1.165, 1.54) is 26.4 Å². The van der Waals surface area contributed by atoms with Gasteiger partial charge >= 0.3 is 12.0 Å². The Morgan fingerprint density at radius 3 is 2.37 bits per heavy atom. The van der Waals surface area contributed by atoms with Gasteiger partial charge in [-0.1, -0.05) is 42.5 Å². The number of hydrogen-bond acceptors (Lipinski definition) is 6. The number of benzene rings is 2. The Labute approximate surface area is 174 Å². The first kappa shape index (κ1) is 22.5. The van der Waals surface area contributed by atoms with E-state index in [9.17, 15) is 14.4 Å². The quantitative estimate of drug-likeness (QED) is 0.511. The molecule has 0 heterocycles. The third-order valence-electron chi connectivity index (χ3n) is 3.98. The Bertz CT molecular complexity index is 911. The lowest BCUT2D eigenvalue weighted by Gasteiger charge is -2.17. The van der Waals surface area contributed by atoms with Gasteiger partial charge in [0.2, 0.25) is 6.10 Å². The number of nitrogens with one attached hydrogen (secondary N) is 2. The monoisotopic (exact) mass is 412 g/mol. The van der Waals surface area contributed by atoms with E-state index in [1.54, 1.807) is 55.5 Å². The predicted molar refractivity (Wildman–Crippen MR) is 111 cm³/mol. The second-order valence-electron chi connectivity index (χ2n) is 5.99. The van der Waals surface area contributed by atoms with Gasteiger partial charge in [0.25, 0.3) is 5.91 Å². The number of carbonyl (C=O) groups is 3. The highest BCUT2D eigenvalue weighted by atomic mass is 16.5. The van der Waals surface area contributed by atoms with E-state index in [2.05, 4.69) is 10.6 Å². The van der Waals surface area contributed by atoms with Crippen LogP contribution in [0.1, 0.15) is 24.2 Å². The van der Waals surface area contributed by atoms with Crippen molar-refractivity contribution in [2.24, 2.45) is 0 Å². The molecule has 0 unspecified atom stereocenters. The molecule has 158 valence electrons. The van der Waals surface area contributed by atoms with Gasteiger partial charge in [-0.2, -0.15) is 0 Å². The normalized spacial score (nSPS) is 11.4. The molecule has 1 atom stereocenters. The Morgan fingerprint density at radius 2 is 1.73 bits per heavy atom. The molecule has 30 heavy (non-hydrogen) atoms. The van der Waals surface area contributed by atoms with E-state index < -0.39 is 24.0 Å². The number of urea groups is 1. The summed E-state index contributed by atoms with van der Waals surface area (Å²) < 4.78 is 15.9. The molecule has 0 radical (unpaired) electrons. The van der Waals surface area contributed by atoms with E-state index >= 15 is 0 Å². The predicted octanol–water partition coefficient (Wildman–Crippen LogP) is 2.85. The molecule has 0 fully saturated rings. The highest BCUT2D eigenvalue weighted by Crippen LogP contribution is 2.31. The molecule has 0 spiro atoms. The zero-order valence-corrected chi connectivity index (χ0v) is 17.0. The molecule has 0 aromatic heterocycles. The third-order valence-corrected chi connectivity index (χ3v) is 3.98. The summed E-state index contributed by atoms with van der Waals surface area (Å²) in [5.74, 6) is -0.554. The molecule has 8 nitrogen and oxygen atoms in total. The van der Waals surface area contributed by atoms with Crippen molar-refractivity contribution in [3.8, 4) is 11.5 Å². The SMILES string of the molecule is CCNC(=O)NC(=O)[C@@H](OC(=O)/C=C/c1cccc(OC)c1OC)c1ccccc1. The molecule has 0 saturated carbocycles.